The third kappa shape index (κ3) is 6.57. The van der Waals surface area contributed by atoms with E-state index in [1.165, 1.54) is 0 Å². The largest absolute Gasteiger partial charge is 0.385 e. The van der Waals surface area contributed by atoms with E-state index in [9.17, 15) is 0 Å². The molecule has 0 saturated heterocycles. The predicted molar refractivity (Wildman–Crippen MR) is 104 cm³/mol. The number of imidazole rings is 1. The van der Waals surface area contributed by atoms with Gasteiger partial charge in [-0.15, -0.1) is 24.0 Å². The average Bonchev–Trinajstić information content (AvgIpc) is 3.04. The Morgan fingerprint density at radius 1 is 1.26 bits per heavy atom. The maximum absolute atomic E-state index is 5.02. The van der Waals surface area contributed by atoms with E-state index in [0.29, 0.717) is 6.54 Å². The molecule has 0 aliphatic carbocycles. The Morgan fingerprint density at radius 2 is 2.04 bits per heavy atom. The Balaban J connectivity index is 0.00000264. The number of aliphatic imine (C=N–C) groups is 1. The zero-order chi connectivity index (χ0) is 15.6. The van der Waals surface area contributed by atoms with Crippen molar-refractivity contribution >= 4 is 29.9 Å². The number of benzene rings is 1. The molecule has 0 amide bonds. The van der Waals surface area contributed by atoms with Gasteiger partial charge in [-0.25, -0.2) is 4.98 Å². The molecular weight excluding hydrogens is 405 g/mol. The molecule has 23 heavy (non-hydrogen) atoms. The second-order valence-electron chi connectivity index (χ2n) is 4.81. The number of halogens is 1. The summed E-state index contributed by atoms with van der Waals surface area (Å²) in [5.74, 6) is 1.63. The highest BCUT2D eigenvalue weighted by Crippen LogP contribution is 2.15. The van der Waals surface area contributed by atoms with Crippen LogP contribution in [0.1, 0.15) is 12.2 Å². The molecule has 0 aliphatic rings. The number of aromatic amines is 1. The predicted octanol–water partition coefficient (Wildman–Crippen LogP) is 2.40. The van der Waals surface area contributed by atoms with E-state index in [1.807, 2.05) is 24.4 Å². The number of aromatic nitrogens is 2. The van der Waals surface area contributed by atoms with Crippen LogP contribution < -0.4 is 10.6 Å². The van der Waals surface area contributed by atoms with Crippen LogP contribution in [-0.4, -0.2) is 43.2 Å². The summed E-state index contributed by atoms with van der Waals surface area (Å²) in [6.45, 7) is 2.15. The molecule has 3 N–H and O–H groups in total. The summed E-state index contributed by atoms with van der Waals surface area (Å²) >= 11 is 0. The summed E-state index contributed by atoms with van der Waals surface area (Å²) in [4.78, 5) is 11.9. The van der Waals surface area contributed by atoms with Gasteiger partial charge in [0, 0.05) is 27.3 Å². The number of nitrogens with one attached hydrogen (secondary N) is 3. The van der Waals surface area contributed by atoms with Crippen molar-refractivity contribution < 1.29 is 4.74 Å². The molecule has 0 bridgehead atoms. The standard InChI is InChI=1S/C16H23N5O.HI/c1-17-16(18-9-6-10-22-2)20-12-15-19-11-14(21-15)13-7-4-3-5-8-13;/h3-5,7-8,11H,6,9-10,12H2,1-2H3,(H,19,21)(H2,17,18,20);1H. The van der Waals surface area contributed by atoms with E-state index in [-0.39, 0.29) is 24.0 Å². The molecule has 0 saturated carbocycles. The average molecular weight is 429 g/mol. The van der Waals surface area contributed by atoms with Gasteiger partial charge >= 0.3 is 0 Å². The van der Waals surface area contributed by atoms with Crippen molar-refractivity contribution in [3.05, 3.63) is 42.4 Å². The molecule has 126 valence electrons. The van der Waals surface area contributed by atoms with E-state index in [0.717, 1.165) is 42.6 Å². The van der Waals surface area contributed by atoms with Crippen molar-refractivity contribution in [1.29, 1.82) is 0 Å². The van der Waals surface area contributed by atoms with Gasteiger partial charge in [-0.2, -0.15) is 0 Å². The third-order valence-electron chi connectivity index (χ3n) is 3.18. The molecule has 0 spiro atoms. The lowest BCUT2D eigenvalue weighted by Gasteiger charge is -2.10. The SMILES string of the molecule is CN=C(NCCCOC)NCc1ncc(-c2ccccc2)[nH]1.I. The van der Waals surface area contributed by atoms with E-state index in [1.54, 1.807) is 14.2 Å². The Bertz CT molecular complexity index is 585. The molecule has 0 fully saturated rings. The first-order valence-corrected chi connectivity index (χ1v) is 7.36. The van der Waals surface area contributed by atoms with Gasteiger partial charge < -0.3 is 20.4 Å². The number of guanidine groups is 1. The highest BCUT2D eigenvalue weighted by Gasteiger charge is 2.04. The second kappa shape index (κ2) is 11.0. The molecule has 7 heteroatoms. The van der Waals surface area contributed by atoms with Crippen LogP contribution in [0.5, 0.6) is 0 Å². The number of hydrogen-bond donors (Lipinski definition) is 3. The lowest BCUT2D eigenvalue weighted by molar-refractivity contribution is 0.195. The first kappa shape index (κ1) is 19.4. The van der Waals surface area contributed by atoms with Gasteiger partial charge in [-0.3, -0.25) is 4.99 Å². The summed E-state index contributed by atoms with van der Waals surface area (Å²) < 4.78 is 5.02. The van der Waals surface area contributed by atoms with E-state index in [4.69, 9.17) is 4.74 Å². The summed E-state index contributed by atoms with van der Waals surface area (Å²) in [6.07, 6.45) is 2.79. The number of methoxy groups -OCH3 is 1. The highest BCUT2D eigenvalue weighted by molar-refractivity contribution is 14.0. The maximum Gasteiger partial charge on any atom is 0.191 e. The quantitative estimate of drug-likeness (QED) is 0.274. The van der Waals surface area contributed by atoms with E-state index >= 15 is 0 Å². The Kier molecular flexibility index (Phi) is 9.30. The zero-order valence-electron chi connectivity index (χ0n) is 13.5. The smallest absolute Gasteiger partial charge is 0.191 e. The Labute approximate surface area is 154 Å². The van der Waals surface area contributed by atoms with Crippen LogP contribution >= 0.6 is 24.0 Å². The minimum absolute atomic E-state index is 0. The van der Waals surface area contributed by atoms with Crippen molar-refractivity contribution in [2.75, 3.05) is 27.3 Å². The molecular formula is C16H24IN5O. The highest BCUT2D eigenvalue weighted by atomic mass is 127. The summed E-state index contributed by atoms with van der Waals surface area (Å²) in [7, 11) is 3.46. The van der Waals surface area contributed by atoms with Crippen molar-refractivity contribution in [3.8, 4) is 11.3 Å². The minimum atomic E-state index is 0. The van der Waals surface area contributed by atoms with Crippen LogP contribution in [0, 0.1) is 0 Å². The molecule has 6 nitrogen and oxygen atoms in total. The lowest BCUT2D eigenvalue weighted by Crippen LogP contribution is -2.37. The number of nitrogens with zero attached hydrogens (tertiary/aromatic N) is 2. The maximum atomic E-state index is 5.02. The summed E-state index contributed by atoms with van der Waals surface area (Å²) in [5, 5.41) is 6.46. The normalized spacial score (nSPS) is 11.0. The zero-order valence-corrected chi connectivity index (χ0v) is 15.8. The van der Waals surface area contributed by atoms with E-state index < -0.39 is 0 Å². The van der Waals surface area contributed by atoms with Crippen LogP contribution in [0.4, 0.5) is 0 Å². The Hall–Kier alpha value is -1.61. The van der Waals surface area contributed by atoms with Gasteiger partial charge in [0.25, 0.3) is 0 Å². The summed E-state index contributed by atoms with van der Waals surface area (Å²) in [6, 6.07) is 10.1. The molecule has 0 atom stereocenters. The van der Waals surface area contributed by atoms with Crippen LogP contribution in [0.3, 0.4) is 0 Å². The fourth-order valence-corrected chi connectivity index (χ4v) is 2.03. The van der Waals surface area contributed by atoms with E-state index in [2.05, 4.69) is 37.7 Å². The number of H-pyrrole nitrogens is 1. The molecule has 2 aromatic rings. The Morgan fingerprint density at radius 3 is 2.74 bits per heavy atom. The van der Waals surface area contributed by atoms with Crippen LogP contribution in [0.15, 0.2) is 41.5 Å². The molecule has 0 unspecified atom stereocenters. The van der Waals surface area contributed by atoms with Gasteiger partial charge in [0.15, 0.2) is 5.96 Å². The first-order chi connectivity index (χ1) is 10.8. The summed E-state index contributed by atoms with van der Waals surface area (Å²) in [5.41, 5.74) is 2.14. The number of rotatable bonds is 7. The lowest BCUT2D eigenvalue weighted by atomic mass is 10.2. The fourth-order valence-electron chi connectivity index (χ4n) is 2.03. The van der Waals surface area contributed by atoms with Crippen LogP contribution in [-0.2, 0) is 11.3 Å². The first-order valence-electron chi connectivity index (χ1n) is 7.36. The van der Waals surface area contributed by atoms with Gasteiger partial charge in [0.1, 0.15) is 5.82 Å². The topological polar surface area (TPSA) is 74.3 Å². The van der Waals surface area contributed by atoms with Crippen molar-refractivity contribution in [3.63, 3.8) is 0 Å². The van der Waals surface area contributed by atoms with Crippen molar-refractivity contribution in [2.24, 2.45) is 4.99 Å². The van der Waals surface area contributed by atoms with Crippen molar-refractivity contribution in [2.45, 2.75) is 13.0 Å². The minimum Gasteiger partial charge on any atom is -0.385 e. The third-order valence-corrected chi connectivity index (χ3v) is 3.18. The number of ether oxygens (including phenoxy) is 1. The fraction of sp³-hybridized carbons (Fsp3) is 0.375. The van der Waals surface area contributed by atoms with Gasteiger partial charge in [-0.05, 0) is 12.0 Å². The molecule has 1 aromatic heterocycles. The van der Waals surface area contributed by atoms with Crippen LogP contribution in [0.25, 0.3) is 11.3 Å². The second-order valence-corrected chi connectivity index (χ2v) is 4.81. The molecule has 1 aromatic carbocycles. The molecule has 0 aliphatic heterocycles. The van der Waals surface area contributed by atoms with Gasteiger partial charge in [0.05, 0.1) is 18.4 Å². The monoisotopic (exact) mass is 429 g/mol. The molecule has 2 rings (SSSR count). The molecule has 1 heterocycles. The number of hydrogen-bond acceptors (Lipinski definition) is 3. The van der Waals surface area contributed by atoms with Crippen LogP contribution in [0.2, 0.25) is 0 Å². The van der Waals surface area contributed by atoms with Gasteiger partial charge in [0.2, 0.25) is 0 Å². The van der Waals surface area contributed by atoms with Crippen molar-refractivity contribution in [1.82, 2.24) is 20.6 Å². The van der Waals surface area contributed by atoms with Gasteiger partial charge in [-0.1, -0.05) is 30.3 Å². The molecule has 0 radical (unpaired) electrons.